The van der Waals surface area contributed by atoms with Crippen LogP contribution in [0.3, 0.4) is 0 Å². The number of carboxylic acid groups (broad SMARTS) is 2. The first kappa shape index (κ1) is 91.7. The Kier molecular flexibility index (Phi) is 30.4. The van der Waals surface area contributed by atoms with Crippen molar-refractivity contribution in [1.82, 2.24) is 66.8 Å². The molecule has 0 saturated heterocycles. The van der Waals surface area contributed by atoms with Crippen LogP contribution < -0.4 is 51.8 Å². The number of hydrogen-bond donors (Lipinski definition) is 11. The molecule has 7 aromatic carbocycles. The molecule has 31 nitrogen and oxygen atoms in total. The number of amides is 7. The first-order valence-corrected chi connectivity index (χ1v) is 45.0. The summed E-state index contributed by atoms with van der Waals surface area (Å²) in [4.78, 5) is 146. The number of H-pyrrole nitrogens is 2. The number of ether oxygens (including phenoxy) is 1. The number of nitrogens with one attached hydrogen (secondary N) is 9. The number of allylic oxidation sites excluding steroid dienone is 4. The van der Waals surface area contributed by atoms with Crippen LogP contribution in [0.1, 0.15) is 86.3 Å². The van der Waals surface area contributed by atoms with Crippen molar-refractivity contribution in [1.29, 1.82) is 15.8 Å². The van der Waals surface area contributed by atoms with Crippen LogP contribution in [0.25, 0.3) is 54.3 Å². The maximum atomic E-state index is 15.0. The zero-order valence-corrected chi connectivity index (χ0v) is 73.7. The van der Waals surface area contributed by atoms with Crippen LogP contribution in [-0.2, 0) is 69.0 Å². The van der Waals surface area contributed by atoms with Gasteiger partial charge in [-0.3, -0.25) is 43.2 Å². The van der Waals surface area contributed by atoms with Gasteiger partial charge in [0, 0.05) is 134 Å². The predicted octanol–water partition coefficient (Wildman–Crippen LogP) is 13.3. The Bertz CT molecular complexity index is 6320. The zero-order chi connectivity index (χ0) is 91.3. The highest BCUT2D eigenvalue weighted by Gasteiger charge is 2.37. The molecule has 11 N–H and O–H groups in total. The molecule has 6 atom stereocenters. The minimum atomic E-state index is -1.95. The van der Waals surface area contributed by atoms with Crippen LogP contribution in [0.5, 0.6) is 5.75 Å². The molecule has 0 spiro atoms. The molecule has 0 bridgehead atoms. The maximum absolute atomic E-state index is 15.0. The molecule has 0 fully saturated rings. The molecular weight excluding hydrogens is 1720 g/mol. The Labute approximate surface area is 757 Å². The van der Waals surface area contributed by atoms with Crippen LogP contribution in [0.4, 0.5) is 28.4 Å². The number of fused-ring (bicyclic) bond motifs is 3. The lowest BCUT2D eigenvalue weighted by Gasteiger charge is -2.31. The van der Waals surface area contributed by atoms with Gasteiger partial charge in [0.05, 0.1) is 40.9 Å². The average molecular weight is 1810 g/mol. The van der Waals surface area contributed by atoms with Gasteiger partial charge in [-0.1, -0.05) is 139 Å². The Morgan fingerprint density at radius 1 is 0.636 bits per heavy atom. The van der Waals surface area contributed by atoms with Gasteiger partial charge >= 0.3 is 11.9 Å². The Morgan fingerprint density at radius 3 is 1.93 bits per heavy atom. The summed E-state index contributed by atoms with van der Waals surface area (Å²) in [5.74, 6) is -8.96. The first-order valence-electron chi connectivity index (χ1n) is 41.0. The Balaban J connectivity index is 0.666. The number of aliphatic carboxylic acids is 2. The molecular formula is C94H89N19O12S4. The molecule has 656 valence electrons. The van der Waals surface area contributed by atoms with Crippen molar-refractivity contribution in [2.45, 2.75) is 121 Å². The summed E-state index contributed by atoms with van der Waals surface area (Å²) in [5.41, 5.74) is 11.8. The third-order valence-corrected chi connectivity index (χ3v) is 25.9. The molecule has 12 aromatic rings. The van der Waals surface area contributed by atoms with Crippen molar-refractivity contribution >= 4 is 159 Å². The van der Waals surface area contributed by atoms with Gasteiger partial charge in [-0.2, -0.15) is 15.8 Å². The van der Waals surface area contributed by atoms with E-state index in [0.717, 1.165) is 82.7 Å². The van der Waals surface area contributed by atoms with Gasteiger partial charge in [0.1, 0.15) is 72.4 Å². The number of rotatable bonds is 39. The lowest BCUT2D eigenvalue weighted by atomic mass is 9.93. The topological polar surface area (TPSA) is 453 Å². The lowest BCUT2D eigenvalue weighted by molar-refractivity contribution is -0.142. The molecule has 35 heteroatoms. The van der Waals surface area contributed by atoms with Gasteiger partial charge in [0.15, 0.2) is 5.01 Å². The van der Waals surface area contributed by atoms with E-state index < -0.39 is 120 Å². The lowest BCUT2D eigenvalue weighted by Crippen LogP contribution is -2.60. The molecule has 7 amide bonds. The number of nitriles is 3. The number of nitrogens with zero attached hydrogens (tertiary/aromatic N) is 10. The SMILES string of the molecule is CCN1C(/C=C/c2ccc(-c3ccc(N(c4ccccc4)c4ccc(-c5ccc(OCCn6cc(C[C@H](NC(=O)[C@H](CSSC(C)(C)C)NC(=O)[C@H](CC(=O)O)NC(=O)[C@H](Cc7c[nH]cn7)NC(=O)[C@H](CCC(=O)O)NC(=O)[C@H](Cc7c[nH]c8ccccc78)NC(C)=O)C(=O)Nc7ccc8nc(C#N)sc8c7)nn6)cc5)cc4)cc3)s2)=CC(=C(C#N)C#N)c2ccccc21. The van der Waals surface area contributed by atoms with Crippen molar-refractivity contribution < 1.29 is 58.1 Å². The number of thiophene rings is 1. The van der Waals surface area contributed by atoms with Crippen molar-refractivity contribution in [2.24, 2.45) is 0 Å². The largest absolute Gasteiger partial charge is 0.492 e. The third-order valence-electron chi connectivity index (χ3n) is 20.5. The third kappa shape index (κ3) is 24.4. The van der Waals surface area contributed by atoms with E-state index in [-0.39, 0.29) is 59.4 Å². The zero-order valence-electron chi connectivity index (χ0n) is 70.5. The van der Waals surface area contributed by atoms with E-state index in [0.29, 0.717) is 33.6 Å². The smallest absolute Gasteiger partial charge is 0.305 e. The van der Waals surface area contributed by atoms with Crippen molar-refractivity contribution in [3.8, 4) is 45.5 Å². The van der Waals surface area contributed by atoms with Gasteiger partial charge in [-0.25, -0.2) is 14.6 Å². The molecule has 0 unspecified atom stereocenters. The normalized spacial score (nSPS) is 13.2. The van der Waals surface area contributed by atoms with Crippen LogP contribution in [0.15, 0.2) is 230 Å². The van der Waals surface area contributed by atoms with Gasteiger partial charge < -0.3 is 71.9 Å². The van der Waals surface area contributed by atoms with E-state index in [1.54, 1.807) is 48.0 Å². The molecule has 129 heavy (non-hydrogen) atoms. The number of anilines is 5. The summed E-state index contributed by atoms with van der Waals surface area (Å²) in [6.07, 6.45) is 9.02. The fraction of sp³-hybridized carbons (Fsp3) is 0.234. The molecule has 1 aliphatic heterocycles. The van der Waals surface area contributed by atoms with Crippen molar-refractivity contribution in [3.63, 3.8) is 0 Å². The first-order chi connectivity index (χ1) is 62.2. The number of carbonyl (C=O) groups is 9. The molecule has 0 saturated carbocycles. The highest BCUT2D eigenvalue weighted by Crippen LogP contribution is 2.42. The van der Waals surface area contributed by atoms with Gasteiger partial charge in [-0.05, 0) is 145 Å². The van der Waals surface area contributed by atoms with E-state index in [9.17, 15) is 64.4 Å². The van der Waals surface area contributed by atoms with Gasteiger partial charge in [-0.15, -0.1) is 27.8 Å². The number of aromatic amines is 2. The monoisotopic (exact) mass is 1800 g/mol. The van der Waals surface area contributed by atoms with E-state index in [1.807, 2.05) is 124 Å². The van der Waals surface area contributed by atoms with Crippen LogP contribution >= 0.6 is 44.3 Å². The summed E-state index contributed by atoms with van der Waals surface area (Å²) in [5, 5.41) is 77.3. The Hall–Kier alpha value is -15.0. The number of para-hydroxylation sites is 3. The summed E-state index contributed by atoms with van der Waals surface area (Å²) in [7, 11) is 2.54. The number of carbonyl (C=O) groups excluding carboxylic acids is 7. The van der Waals surface area contributed by atoms with E-state index in [1.165, 1.54) is 45.7 Å². The minimum Gasteiger partial charge on any atom is -0.492 e. The highest BCUT2D eigenvalue weighted by molar-refractivity contribution is 8.77. The summed E-state index contributed by atoms with van der Waals surface area (Å²) < 4.78 is 7.91. The molecule has 0 radical (unpaired) electrons. The maximum Gasteiger partial charge on any atom is 0.305 e. The molecule has 6 heterocycles. The number of thiazole rings is 1. The van der Waals surface area contributed by atoms with Crippen molar-refractivity contribution in [3.05, 3.63) is 263 Å². The van der Waals surface area contributed by atoms with Gasteiger partial charge in [0.25, 0.3) is 0 Å². The van der Waals surface area contributed by atoms with E-state index in [4.69, 9.17) is 4.74 Å². The average Bonchev–Trinajstić information content (AvgIpc) is 1.63. The second kappa shape index (κ2) is 42.8. The fourth-order valence-corrected chi connectivity index (χ4v) is 18.6. The second-order valence-corrected chi connectivity index (χ2v) is 36.2. The highest BCUT2D eigenvalue weighted by atomic mass is 33.1. The van der Waals surface area contributed by atoms with E-state index >= 15 is 4.79 Å². The fourth-order valence-electron chi connectivity index (χ4n) is 14.4. The van der Waals surface area contributed by atoms with E-state index in [2.05, 4.69) is 175 Å². The minimum absolute atomic E-state index is 0.0559. The quantitative estimate of drug-likeness (QED) is 0.0126. The number of benzene rings is 7. The predicted molar refractivity (Wildman–Crippen MR) is 497 cm³/mol. The summed E-state index contributed by atoms with van der Waals surface area (Å²) >= 11 is 2.76. The number of likely N-dealkylation sites (N-methyl/N-ethyl adjacent to an activating group) is 1. The van der Waals surface area contributed by atoms with Crippen LogP contribution in [-0.4, -0.2) is 158 Å². The second-order valence-electron chi connectivity index (χ2n) is 30.9. The van der Waals surface area contributed by atoms with Gasteiger partial charge in [0.2, 0.25) is 41.4 Å². The molecule has 1 aliphatic rings. The number of carboxylic acids is 2. The number of imidazole rings is 1. The van der Waals surface area contributed by atoms with Crippen LogP contribution in [0.2, 0.25) is 0 Å². The molecule has 13 rings (SSSR count). The molecule has 0 aliphatic carbocycles. The van der Waals surface area contributed by atoms with Crippen LogP contribution in [0, 0.1) is 34.0 Å². The Morgan fingerprint density at radius 2 is 1.26 bits per heavy atom. The summed E-state index contributed by atoms with van der Waals surface area (Å²) in [6.45, 7) is 10.0. The summed E-state index contributed by atoms with van der Waals surface area (Å²) in [6, 6.07) is 55.2. The van der Waals surface area contributed by atoms with Crippen molar-refractivity contribution in [2.75, 3.05) is 34.0 Å². The molecule has 5 aromatic heterocycles. The standard InChI is InChI=1S/C94H89N19O12S4/c1-6-112-68(46-73(61(48-95)49-96)72-17-11-13-19-82(72)112)31-34-70-35-38-83(127-70)59-22-29-67(30-23-59)113(65-14-8-7-9-15-65)66-27-20-57(21-28-66)58-24-32-69(33-25-58)125-41-40-111-53-64(109-110-111)44-79(89(120)102-62-26-36-75-84(45-62)128-85(50-97)103-75)106-93(124)81(54-126-129-94(3,4)5)108-92(123)80(47-87(117)118)107-91(122)78(43-63-52-98-55-100-63)105-88(119)76(37-39-86(115)116)104-90(121)77(101-56(2)114)42-60-51-99-74-18-12-10-16-71(60)74/h7-36,38,45-46,51-53,55,76-81,99H,6,37,39-44,47,54H2,1-5H3,(H,98,100)(H,101,114)(H,102,120)(H,104,121)(H,105,119)(H,106,124)(H,107,122)(H,108,123)(H,115,116)(H,117,118)/b34-31+/t76-,77-,78-,79-,80-,81-/m0/s1. The number of aromatic nitrogens is 7. The number of hydrogen-bond acceptors (Lipinski definition) is 23.